The van der Waals surface area contributed by atoms with E-state index in [0.29, 0.717) is 6.54 Å². The van der Waals surface area contributed by atoms with Crippen LogP contribution in [0.4, 0.5) is 0 Å². The van der Waals surface area contributed by atoms with Crippen molar-refractivity contribution in [3.63, 3.8) is 0 Å². The van der Waals surface area contributed by atoms with E-state index in [2.05, 4.69) is 54.9 Å². The second-order valence-electron chi connectivity index (χ2n) is 3.99. The Bertz CT molecular complexity index is 520. The fraction of sp³-hybridized carbons (Fsp3) is 0.357. The smallest absolute Gasteiger partial charge is 0.118 e. The predicted molar refractivity (Wildman–Crippen MR) is 73.2 cm³/mol. The van der Waals surface area contributed by atoms with Crippen molar-refractivity contribution in [1.82, 2.24) is 9.13 Å². The van der Waals surface area contributed by atoms with Gasteiger partial charge in [-0.25, -0.2) is 0 Å². The third-order valence-corrected chi connectivity index (χ3v) is 4.15. The number of methoxy groups -OCH3 is 1. The van der Waals surface area contributed by atoms with Crippen molar-refractivity contribution >= 4 is 0 Å². The maximum absolute atomic E-state index is 5.40. The molecule has 2 rings (SSSR count). The van der Waals surface area contributed by atoms with E-state index in [-0.39, 0.29) is 0 Å². The summed E-state index contributed by atoms with van der Waals surface area (Å²) in [5.74, 6) is 0.872. The largest absolute Gasteiger partial charge is 0.497 e. The summed E-state index contributed by atoms with van der Waals surface area (Å²) in [6.45, 7) is 3.78. The normalized spacial score (nSPS) is 9.79. The number of aromatic nitrogens is 2. The minimum atomic E-state index is 0.587. The Morgan fingerprint density at radius 1 is 1.21 bits per heavy atom. The van der Waals surface area contributed by atoms with Crippen LogP contribution in [0.1, 0.15) is 12.5 Å². The summed E-state index contributed by atoms with van der Waals surface area (Å²) in [5, 5.41) is 0. The number of imidazole rings is 1. The van der Waals surface area contributed by atoms with Crippen LogP contribution < -0.4 is 10.5 Å². The van der Waals surface area contributed by atoms with Gasteiger partial charge in [0.1, 0.15) is 5.75 Å². The van der Waals surface area contributed by atoms with Gasteiger partial charge in [0, 0.05) is 6.54 Å². The standard InChI is InChI=1S/C8H11NO.C6H10N2.Pt/c1-10-8-4-2-7(6-9)3-5-8;1-3-8-5-4-7(2)6-8;/h2-5H,6,9H2,1H3;4-5H,3H2,1-2H3;. The third-order valence-electron chi connectivity index (χ3n) is 2.69. The van der Waals surface area contributed by atoms with E-state index >= 15 is 0 Å². The average molecular weight is 442 g/mol. The average Bonchev–Trinajstić information content (AvgIpc) is 2.79. The molecular weight excluding hydrogens is 421 g/mol. The molecule has 0 fully saturated rings. The number of nitrogens with zero attached hydrogens (tertiary/aromatic N) is 2. The van der Waals surface area contributed by atoms with Gasteiger partial charge >= 0.3 is 65.2 Å². The van der Waals surface area contributed by atoms with E-state index in [9.17, 15) is 0 Å². The molecule has 1 heterocycles. The van der Waals surface area contributed by atoms with Crippen molar-refractivity contribution in [3.05, 3.63) is 46.0 Å². The molecule has 0 saturated heterocycles. The first-order chi connectivity index (χ1) is 9.12. The summed E-state index contributed by atoms with van der Waals surface area (Å²) in [6.07, 6.45) is 4.15. The molecule has 0 saturated carbocycles. The molecule has 2 aromatic rings. The molecule has 0 aliphatic heterocycles. The minimum Gasteiger partial charge on any atom is -0.497 e. The number of rotatable bonds is 3. The molecule has 0 spiro atoms. The number of hydrogen-bond donors (Lipinski definition) is 1. The van der Waals surface area contributed by atoms with Crippen LogP contribution >= 0.6 is 0 Å². The summed E-state index contributed by atoms with van der Waals surface area (Å²) < 4.78 is 10.5. The molecule has 1 aromatic carbocycles. The Morgan fingerprint density at radius 2 is 1.84 bits per heavy atom. The van der Waals surface area contributed by atoms with Gasteiger partial charge in [-0.05, 0) is 17.7 Å². The quantitative estimate of drug-likeness (QED) is 0.792. The first kappa shape index (κ1) is 15.9. The number of hydrogen-bond acceptors (Lipinski definition) is 2. The number of benzene rings is 1. The third kappa shape index (κ3) is 4.81. The zero-order chi connectivity index (χ0) is 14.3. The molecule has 0 unspecified atom stereocenters. The number of ether oxygens (including phenoxy) is 1. The van der Waals surface area contributed by atoms with Gasteiger partial charge in [-0.2, -0.15) is 0 Å². The van der Waals surface area contributed by atoms with E-state index in [1.165, 1.54) is 3.80 Å². The summed E-state index contributed by atoms with van der Waals surface area (Å²) in [4.78, 5) is 0. The van der Waals surface area contributed by atoms with Gasteiger partial charge in [0.15, 0.2) is 0 Å². The summed E-state index contributed by atoms with van der Waals surface area (Å²) in [6, 6.07) is 7.72. The molecule has 0 aliphatic carbocycles. The molecular formula is C14H21N3OPt. The maximum Gasteiger partial charge on any atom is 0.118 e. The minimum absolute atomic E-state index is 0.587. The van der Waals surface area contributed by atoms with E-state index < -0.39 is 0 Å². The van der Waals surface area contributed by atoms with Gasteiger partial charge in [-0.3, -0.25) is 0 Å². The predicted octanol–water partition coefficient (Wildman–Crippen LogP) is 2.08. The molecule has 5 heteroatoms. The molecule has 19 heavy (non-hydrogen) atoms. The Kier molecular flexibility index (Phi) is 6.82. The molecule has 108 valence electrons. The van der Waals surface area contributed by atoms with Gasteiger partial charge in [0.05, 0.1) is 7.11 Å². The van der Waals surface area contributed by atoms with Crippen LogP contribution in [0.15, 0.2) is 36.7 Å². The van der Waals surface area contributed by atoms with E-state index in [1.807, 2.05) is 24.3 Å². The van der Waals surface area contributed by atoms with Crippen LogP contribution in [0.5, 0.6) is 5.75 Å². The molecule has 0 amide bonds. The topological polar surface area (TPSA) is 45.1 Å². The fourth-order valence-electron chi connectivity index (χ4n) is 1.48. The zero-order valence-corrected chi connectivity index (χ0v) is 13.8. The SMILES string of the molecule is CCn1ccn(C)[c]1=[Pt].COc1ccc(CN)cc1. The molecule has 1 aromatic heterocycles. The Hall–Kier alpha value is -1.12. The maximum atomic E-state index is 5.40. The number of aryl methyl sites for hydroxylation is 2. The number of nitrogens with two attached hydrogens (primary N) is 1. The van der Waals surface area contributed by atoms with Crippen molar-refractivity contribution < 1.29 is 24.1 Å². The van der Waals surface area contributed by atoms with Crippen LogP contribution in [0.2, 0.25) is 0 Å². The van der Waals surface area contributed by atoms with E-state index in [0.717, 1.165) is 17.9 Å². The van der Waals surface area contributed by atoms with Gasteiger partial charge in [0.25, 0.3) is 0 Å². The van der Waals surface area contributed by atoms with Gasteiger partial charge in [0.2, 0.25) is 0 Å². The first-order valence-corrected chi connectivity index (χ1v) is 7.26. The van der Waals surface area contributed by atoms with Crippen LogP contribution in [0.25, 0.3) is 0 Å². The second-order valence-corrected chi connectivity index (χ2v) is 5.00. The fourth-order valence-corrected chi connectivity index (χ4v) is 2.18. The first-order valence-electron chi connectivity index (χ1n) is 6.12. The van der Waals surface area contributed by atoms with Crippen molar-refractivity contribution in [1.29, 1.82) is 0 Å². The van der Waals surface area contributed by atoms with Gasteiger partial charge < -0.3 is 10.5 Å². The molecule has 4 nitrogen and oxygen atoms in total. The summed E-state index contributed by atoms with van der Waals surface area (Å²) >= 11 is 2.31. The Balaban J connectivity index is 0.000000191. The molecule has 0 aliphatic rings. The van der Waals surface area contributed by atoms with Gasteiger partial charge in [-0.15, -0.1) is 0 Å². The van der Waals surface area contributed by atoms with Crippen LogP contribution in [0.3, 0.4) is 0 Å². The van der Waals surface area contributed by atoms with Crippen molar-refractivity contribution in [2.45, 2.75) is 20.0 Å². The zero-order valence-electron chi connectivity index (χ0n) is 11.6. The molecule has 0 bridgehead atoms. The Labute approximate surface area is 125 Å². The Morgan fingerprint density at radius 3 is 2.16 bits per heavy atom. The molecule has 0 radical (unpaired) electrons. The van der Waals surface area contributed by atoms with Crippen molar-refractivity contribution in [3.8, 4) is 5.75 Å². The van der Waals surface area contributed by atoms with Crippen LogP contribution in [0, 0.1) is 3.80 Å². The van der Waals surface area contributed by atoms with Gasteiger partial charge in [-0.1, -0.05) is 12.1 Å². The van der Waals surface area contributed by atoms with E-state index in [1.54, 1.807) is 7.11 Å². The monoisotopic (exact) mass is 442 g/mol. The summed E-state index contributed by atoms with van der Waals surface area (Å²) in [5.41, 5.74) is 6.53. The van der Waals surface area contributed by atoms with Crippen molar-refractivity contribution in [2.75, 3.05) is 7.11 Å². The van der Waals surface area contributed by atoms with Crippen LogP contribution in [-0.4, -0.2) is 16.2 Å². The molecule has 0 atom stereocenters. The molecule has 2 N–H and O–H groups in total. The van der Waals surface area contributed by atoms with E-state index in [4.69, 9.17) is 10.5 Å². The summed E-state index contributed by atoms with van der Waals surface area (Å²) in [7, 11) is 3.70. The second kappa shape index (κ2) is 8.13. The van der Waals surface area contributed by atoms with Crippen LogP contribution in [-0.2, 0) is 39.5 Å². The van der Waals surface area contributed by atoms with Crippen molar-refractivity contribution in [2.24, 2.45) is 12.8 Å².